The van der Waals surface area contributed by atoms with Gasteiger partial charge in [-0.3, -0.25) is 4.79 Å². The number of allylic oxidation sites excluding steroid dienone is 1. The number of aliphatic hydroxyl groups is 2. The molecule has 2 aliphatic rings. The highest BCUT2D eigenvalue weighted by molar-refractivity contribution is 5.44. The fourth-order valence-corrected chi connectivity index (χ4v) is 6.36. The van der Waals surface area contributed by atoms with E-state index < -0.39 is 23.6 Å². The van der Waals surface area contributed by atoms with E-state index in [0.29, 0.717) is 24.7 Å². The number of aliphatic hydroxyl groups excluding tert-OH is 1. The smallest absolute Gasteiger partial charge is 0.259 e. The lowest BCUT2D eigenvalue weighted by Gasteiger charge is -2.46. The molecule has 1 saturated heterocycles. The fourth-order valence-electron chi connectivity index (χ4n) is 6.36. The number of nitrogens with zero attached hydrogens (tertiary/aromatic N) is 1. The summed E-state index contributed by atoms with van der Waals surface area (Å²) in [5.74, 6) is 0.0125. The maximum atomic E-state index is 13.3. The molecule has 1 aromatic rings. The molecule has 1 aliphatic heterocycles. The molecule has 8 heteroatoms. The van der Waals surface area contributed by atoms with Gasteiger partial charge in [-0.2, -0.15) is 0 Å². The Bertz CT molecular complexity index is 1050. The number of pyridine rings is 1. The highest BCUT2D eigenvalue weighted by Gasteiger charge is 2.51. The number of rotatable bonds is 9. The normalized spacial score (nSPS) is 31.7. The van der Waals surface area contributed by atoms with Gasteiger partial charge in [0.15, 0.2) is 5.79 Å². The summed E-state index contributed by atoms with van der Waals surface area (Å²) in [6.45, 7) is 10.9. The van der Waals surface area contributed by atoms with E-state index in [-0.39, 0.29) is 47.3 Å². The molecule has 0 amide bonds. The quantitative estimate of drug-likeness (QED) is 0.311. The second-order valence-electron chi connectivity index (χ2n) is 11.9. The highest BCUT2D eigenvalue weighted by atomic mass is 16.7. The van der Waals surface area contributed by atoms with Gasteiger partial charge in [-0.25, -0.2) is 0 Å². The lowest BCUT2D eigenvalue weighted by molar-refractivity contribution is -0.269. The summed E-state index contributed by atoms with van der Waals surface area (Å²) in [6, 6.07) is 0. The molecular formula is C30H49NO7. The summed E-state index contributed by atoms with van der Waals surface area (Å²) < 4.78 is 18.9. The third kappa shape index (κ3) is 6.04. The standard InChI is InChI=1S/C30H49NO7/c1-9-18(2)14-19(3)15-21(5)27-20(4)10-11-23(38-27)25-26(33)22(17-31(6)28(25)34)30(35)13-12-29(36-7,37-8)16-24(30)32/h15,17-20,23-24,27,32-33,35H,9-14,16H2,1-8H3/t18-,19+,20-,23+,24+,27-,30+/m0/s1. The average molecular weight is 536 g/mol. The van der Waals surface area contributed by atoms with E-state index in [1.807, 2.05) is 0 Å². The molecule has 0 unspecified atom stereocenters. The third-order valence-electron chi connectivity index (χ3n) is 9.04. The van der Waals surface area contributed by atoms with E-state index in [0.717, 1.165) is 24.8 Å². The molecular weight excluding hydrogens is 486 g/mol. The third-order valence-corrected chi connectivity index (χ3v) is 9.04. The van der Waals surface area contributed by atoms with Gasteiger partial charge in [0.2, 0.25) is 0 Å². The summed E-state index contributed by atoms with van der Waals surface area (Å²) in [6.07, 6.45) is 5.72. The summed E-state index contributed by atoms with van der Waals surface area (Å²) >= 11 is 0. The number of hydrogen-bond acceptors (Lipinski definition) is 7. The van der Waals surface area contributed by atoms with Crippen LogP contribution in [0.4, 0.5) is 0 Å². The maximum absolute atomic E-state index is 13.3. The summed E-state index contributed by atoms with van der Waals surface area (Å²) in [5, 5.41) is 34.1. The van der Waals surface area contributed by atoms with Gasteiger partial charge in [-0.15, -0.1) is 0 Å². The predicted octanol–water partition coefficient (Wildman–Crippen LogP) is 4.69. The minimum Gasteiger partial charge on any atom is -0.507 e. The van der Waals surface area contributed by atoms with E-state index in [1.165, 1.54) is 25.0 Å². The Morgan fingerprint density at radius 2 is 1.92 bits per heavy atom. The van der Waals surface area contributed by atoms with E-state index >= 15 is 0 Å². The zero-order valence-corrected chi connectivity index (χ0v) is 24.5. The number of aromatic nitrogens is 1. The van der Waals surface area contributed by atoms with Crippen LogP contribution < -0.4 is 5.56 Å². The second-order valence-corrected chi connectivity index (χ2v) is 11.9. The van der Waals surface area contributed by atoms with E-state index in [2.05, 4.69) is 40.7 Å². The van der Waals surface area contributed by atoms with Crippen LogP contribution in [0.5, 0.6) is 5.75 Å². The van der Waals surface area contributed by atoms with Crippen molar-refractivity contribution in [2.75, 3.05) is 14.2 Å². The minimum atomic E-state index is -1.77. The second kappa shape index (κ2) is 12.2. The molecule has 1 aliphatic carbocycles. The maximum Gasteiger partial charge on any atom is 0.259 e. The lowest BCUT2D eigenvalue weighted by atomic mass is 9.74. The summed E-state index contributed by atoms with van der Waals surface area (Å²) in [5.41, 5.74) is -0.738. The molecule has 7 atom stereocenters. The first-order valence-corrected chi connectivity index (χ1v) is 14.1. The van der Waals surface area contributed by atoms with Crippen LogP contribution in [0.25, 0.3) is 0 Å². The average Bonchev–Trinajstić information content (AvgIpc) is 2.88. The van der Waals surface area contributed by atoms with Crippen LogP contribution in [0.3, 0.4) is 0 Å². The Hall–Kier alpha value is -1.71. The molecule has 2 heterocycles. The van der Waals surface area contributed by atoms with Crippen molar-refractivity contribution in [3.63, 3.8) is 0 Å². The fraction of sp³-hybridized carbons (Fsp3) is 0.767. The zero-order chi connectivity index (χ0) is 28.4. The highest BCUT2D eigenvalue weighted by Crippen LogP contribution is 2.48. The van der Waals surface area contributed by atoms with Crippen LogP contribution in [0.1, 0.15) is 96.8 Å². The van der Waals surface area contributed by atoms with E-state index in [9.17, 15) is 20.1 Å². The Kier molecular flexibility index (Phi) is 9.91. The lowest BCUT2D eigenvalue weighted by Crippen LogP contribution is -2.53. The van der Waals surface area contributed by atoms with Gasteiger partial charge in [0.25, 0.3) is 5.56 Å². The van der Waals surface area contributed by atoms with Crippen molar-refractivity contribution in [1.29, 1.82) is 0 Å². The van der Waals surface area contributed by atoms with Gasteiger partial charge in [-0.1, -0.05) is 40.2 Å². The summed E-state index contributed by atoms with van der Waals surface area (Å²) in [7, 11) is 4.59. The Balaban J connectivity index is 1.95. The SMILES string of the molecule is CC[C@H](C)C[C@@H](C)C=C(C)[C@H]1O[C@@H](c2c(O)c([C@]3(O)CCC(OC)(OC)C[C@H]3O)cn(C)c2=O)CC[C@@H]1C. The molecule has 0 spiro atoms. The molecule has 3 N–H and O–H groups in total. The van der Waals surface area contributed by atoms with Crippen molar-refractivity contribution in [2.24, 2.45) is 24.8 Å². The van der Waals surface area contributed by atoms with Crippen LogP contribution in [-0.2, 0) is 26.9 Å². The number of hydrogen-bond donors (Lipinski definition) is 3. The molecule has 8 nitrogen and oxygen atoms in total. The Labute approximate surface area is 227 Å². The molecule has 2 fully saturated rings. The van der Waals surface area contributed by atoms with Crippen LogP contribution in [0.15, 0.2) is 22.6 Å². The minimum absolute atomic E-state index is 0.0203. The monoisotopic (exact) mass is 535 g/mol. The van der Waals surface area contributed by atoms with Crippen molar-refractivity contribution < 1.29 is 29.5 Å². The molecule has 38 heavy (non-hydrogen) atoms. The molecule has 1 saturated carbocycles. The number of aryl methyl sites for hydroxylation is 1. The molecule has 0 bridgehead atoms. The first-order chi connectivity index (χ1) is 17.8. The van der Waals surface area contributed by atoms with Gasteiger partial charge < -0.3 is 34.1 Å². The van der Waals surface area contributed by atoms with Crippen LogP contribution in [0, 0.1) is 17.8 Å². The Morgan fingerprint density at radius 3 is 2.50 bits per heavy atom. The van der Waals surface area contributed by atoms with Crippen molar-refractivity contribution >= 4 is 0 Å². The Morgan fingerprint density at radius 1 is 1.26 bits per heavy atom. The van der Waals surface area contributed by atoms with E-state index in [1.54, 1.807) is 7.05 Å². The van der Waals surface area contributed by atoms with Crippen molar-refractivity contribution in [3.8, 4) is 5.75 Å². The van der Waals surface area contributed by atoms with Crippen molar-refractivity contribution in [1.82, 2.24) is 4.57 Å². The first kappa shape index (κ1) is 30.8. The topological polar surface area (TPSA) is 110 Å². The van der Waals surface area contributed by atoms with Gasteiger partial charge in [-0.05, 0) is 55.9 Å². The molecule has 3 rings (SSSR count). The summed E-state index contributed by atoms with van der Waals surface area (Å²) in [4.78, 5) is 13.3. The largest absolute Gasteiger partial charge is 0.507 e. The van der Waals surface area contributed by atoms with Gasteiger partial charge in [0.1, 0.15) is 11.4 Å². The van der Waals surface area contributed by atoms with Crippen LogP contribution >= 0.6 is 0 Å². The predicted molar refractivity (Wildman–Crippen MR) is 147 cm³/mol. The zero-order valence-electron chi connectivity index (χ0n) is 24.5. The number of aromatic hydroxyl groups is 1. The van der Waals surface area contributed by atoms with Crippen LogP contribution in [0.2, 0.25) is 0 Å². The van der Waals surface area contributed by atoms with Gasteiger partial charge >= 0.3 is 0 Å². The number of methoxy groups -OCH3 is 2. The van der Waals surface area contributed by atoms with Crippen molar-refractivity contribution in [2.45, 2.75) is 109 Å². The number of ether oxygens (including phenoxy) is 3. The molecule has 1 aromatic heterocycles. The van der Waals surface area contributed by atoms with Gasteiger partial charge in [0, 0.05) is 45.9 Å². The van der Waals surface area contributed by atoms with E-state index in [4.69, 9.17) is 14.2 Å². The molecule has 0 aromatic carbocycles. The molecule has 0 radical (unpaired) electrons. The first-order valence-electron chi connectivity index (χ1n) is 14.1. The van der Waals surface area contributed by atoms with Gasteiger partial charge in [0.05, 0.1) is 23.9 Å². The van der Waals surface area contributed by atoms with Crippen LogP contribution in [-0.4, -0.2) is 52.1 Å². The molecule has 216 valence electrons. The van der Waals surface area contributed by atoms with Crippen molar-refractivity contribution in [3.05, 3.63) is 39.3 Å².